The minimum Gasteiger partial charge on any atom is -0.490 e. The number of carbonyl (C=O) groups excluding carboxylic acids is 3. The Kier molecular flexibility index (Phi) is 7.12. The number of nitrogens with zero attached hydrogens (tertiary/aromatic N) is 2. The molecule has 31 heavy (non-hydrogen) atoms. The minimum absolute atomic E-state index is 0.0762. The van der Waals surface area contributed by atoms with Gasteiger partial charge in [0.15, 0.2) is 0 Å². The quantitative estimate of drug-likeness (QED) is 0.730. The Balaban J connectivity index is 1.61. The van der Waals surface area contributed by atoms with Crippen LogP contribution in [0.15, 0.2) is 42.5 Å². The van der Waals surface area contributed by atoms with Gasteiger partial charge < -0.3 is 19.9 Å². The largest absolute Gasteiger partial charge is 0.490 e. The number of likely N-dealkylation sites (N-methyl/N-ethyl adjacent to an activating group) is 1. The zero-order valence-corrected chi connectivity index (χ0v) is 18.0. The van der Waals surface area contributed by atoms with E-state index in [9.17, 15) is 18.8 Å². The molecule has 0 spiro atoms. The molecule has 9 heteroatoms. The van der Waals surface area contributed by atoms with Crippen molar-refractivity contribution in [2.75, 3.05) is 32.5 Å². The third kappa shape index (κ3) is 5.73. The summed E-state index contributed by atoms with van der Waals surface area (Å²) in [6.45, 7) is 0.938. The number of ether oxygens (including phenoxy) is 1. The first-order chi connectivity index (χ1) is 14.7. The second-order valence-electron chi connectivity index (χ2n) is 7.41. The fourth-order valence-corrected chi connectivity index (χ4v) is 3.41. The summed E-state index contributed by atoms with van der Waals surface area (Å²) in [6.07, 6.45) is 1.16. The molecule has 164 valence electrons. The van der Waals surface area contributed by atoms with E-state index >= 15 is 0 Å². The second kappa shape index (κ2) is 9.78. The molecule has 3 amide bonds. The Morgan fingerprint density at radius 2 is 1.74 bits per heavy atom. The lowest BCUT2D eigenvalue weighted by atomic mass is 10.1. The summed E-state index contributed by atoms with van der Waals surface area (Å²) >= 11 is 6.22. The number of amides is 3. The molecule has 7 nitrogen and oxygen atoms in total. The number of nitrogens with one attached hydrogen (secondary N) is 1. The molecule has 0 aromatic heterocycles. The molecule has 2 aromatic carbocycles. The van der Waals surface area contributed by atoms with Crippen LogP contribution in [-0.2, 0) is 9.59 Å². The minimum atomic E-state index is -0.801. The summed E-state index contributed by atoms with van der Waals surface area (Å²) in [4.78, 5) is 39.5. The third-order valence-corrected chi connectivity index (χ3v) is 5.23. The summed E-state index contributed by atoms with van der Waals surface area (Å²) in [5.74, 6) is -1.50. The first-order valence-electron chi connectivity index (χ1n) is 9.78. The van der Waals surface area contributed by atoms with Crippen molar-refractivity contribution >= 4 is 35.0 Å². The van der Waals surface area contributed by atoms with Crippen molar-refractivity contribution in [3.05, 3.63) is 58.9 Å². The van der Waals surface area contributed by atoms with E-state index in [1.807, 2.05) is 0 Å². The zero-order valence-electron chi connectivity index (χ0n) is 17.2. The first-order valence-corrected chi connectivity index (χ1v) is 10.2. The number of halogens is 2. The van der Waals surface area contributed by atoms with Gasteiger partial charge in [-0.2, -0.15) is 0 Å². The van der Waals surface area contributed by atoms with E-state index in [0.717, 1.165) is 4.90 Å². The van der Waals surface area contributed by atoms with Crippen molar-refractivity contribution in [1.82, 2.24) is 9.80 Å². The molecular formula is C22H23ClFN3O4. The number of benzene rings is 2. The lowest BCUT2D eigenvalue weighted by Gasteiger charge is -2.32. The van der Waals surface area contributed by atoms with E-state index in [-0.39, 0.29) is 28.4 Å². The van der Waals surface area contributed by atoms with Crippen molar-refractivity contribution in [2.45, 2.75) is 18.9 Å². The number of anilines is 1. The van der Waals surface area contributed by atoms with Crippen LogP contribution in [0.3, 0.4) is 0 Å². The number of carbonyl (C=O) groups is 3. The molecule has 2 aromatic rings. The molecule has 1 saturated heterocycles. The maximum absolute atomic E-state index is 13.0. The van der Waals surface area contributed by atoms with Crippen LogP contribution >= 0.6 is 11.6 Å². The van der Waals surface area contributed by atoms with Gasteiger partial charge in [-0.3, -0.25) is 14.4 Å². The summed E-state index contributed by atoms with van der Waals surface area (Å²) in [5, 5.41) is 2.74. The van der Waals surface area contributed by atoms with E-state index < -0.39 is 11.8 Å². The van der Waals surface area contributed by atoms with Gasteiger partial charge in [-0.15, -0.1) is 0 Å². The van der Waals surface area contributed by atoms with E-state index in [4.69, 9.17) is 16.3 Å². The maximum Gasteiger partial charge on any atom is 0.313 e. The van der Waals surface area contributed by atoms with Gasteiger partial charge in [-0.05, 0) is 42.5 Å². The SMILES string of the molecule is CN(C)C(=O)C(=O)Nc1ccc(Cl)c(C(=O)N2CCC(Oc3ccc(F)cc3)CC2)c1. The van der Waals surface area contributed by atoms with Crippen LogP contribution < -0.4 is 10.1 Å². The molecular weight excluding hydrogens is 425 g/mol. The number of rotatable bonds is 4. The van der Waals surface area contributed by atoms with E-state index in [1.54, 1.807) is 17.0 Å². The Morgan fingerprint density at radius 3 is 2.35 bits per heavy atom. The van der Waals surface area contributed by atoms with Crippen LogP contribution in [0.25, 0.3) is 0 Å². The predicted octanol–water partition coefficient (Wildman–Crippen LogP) is 3.19. The number of likely N-dealkylation sites (tertiary alicyclic amines) is 1. The van der Waals surface area contributed by atoms with Crippen molar-refractivity contribution in [3.63, 3.8) is 0 Å². The monoisotopic (exact) mass is 447 g/mol. The molecule has 0 radical (unpaired) electrons. The fraction of sp³-hybridized carbons (Fsp3) is 0.318. The maximum atomic E-state index is 13.0. The van der Waals surface area contributed by atoms with Gasteiger partial charge in [0.1, 0.15) is 17.7 Å². The zero-order chi connectivity index (χ0) is 22.5. The van der Waals surface area contributed by atoms with Crippen molar-refractivity contribution in [3.8, 4) is 5.75 Å². The smallest absolute Gasteiger partial charge is 0.313 e. The predicted molar refractivity (Wildman–Crippen MR) is 115 cm³/mol. The standard InChI is InChI=1S/C22H23ClFN3O4/c1-26(2)22(30)20(28)25-15-5-8-19(23)18(13-15)21(29)27-11-9-17(10-12-27)31-16-6-3-14(24)4-7-16/h3-8,13,17H,9-12H2,1-2H3,(H,25,28). The molecule has 0 saturated carbocycles. The number of hydrogen-bond donors (Lipinski definition) is 1. The van der Waals surface area contributed by atoms with Gasteiger partial charge in [0.25, 0.3) is 5.91 Å². The van der Waals surface area contributed by atoms with Crippen LogP contribution in [0, 0.1) is 5.82 Å². The number of hydrogen-bond acceptors (Lipinski definition) is 4. The highest BCUT2D eigenvalue weighted by Gasteiger charge is 2.26. The van der Waals surface area contributed by atoms with Crippen LogP contribution in [0.1, 0.15) is 23.2 Å². The fourth-order valence-electron chi connectivity index (χ4n) is 3.21. The number of piperidine rings is 1. The molecule has 1 heterocycles. The highest BCUT2D eigenvalue weighted by Crippen LogP contribution is 2.25. The van der Waals surface area contributed by atoms with Gasteiger partial charge >= 0.3 is 11.8 Å². The molecule has 1 aliphatic heterocycles. The Morgan fingerprint density at radius 1 is 1.10 bits per heavy atom. The summed E-state index contributed by atoms with van der Waals surface area (Å²) in [7, 11) is 2.95. The topological polar surface area (TPSA) is 79.0 Å². The average Bonchev–Trinajstić information content (AvgIpc) is 2.76. The molecule has 1 aliphatic rings. The van der Waals surface area contributed by atoms with Crippen LogP contribution in [0.4, 0.5) is 10.1 Å². The molecule has 3 rings (SSSR count). The lowest BCUT2D eigenvalue weighted by Crippen LogP contribution is -2.42. The van der Waals surface area contributed by atoms with Gasteiger partial charge in [0.2, 0.25) is 0 Å². The third-order valence-electron chi connectivity index (χ3n) is 4.90. The van der Waals surface area contributed by atoms with Crippen molar-refractivity contribution in [2.24, 2.45) is 0 Å². The molecule has 0 unspecified atom stereocenters. The van der Waals surface area contributed by atoms with Gasteiger partial charge in [0.05, 0.1) is 10.6 Å². The summed E-state index contributed by atoms with van der Waals surface area (Å²) < 4.78 is 18.9. The van der Waals surface area contributed by atoms with Gasteiger partial charge in [-0.25, -0.2) is 4.39 Å². The molecule has 0 bridgehead atoms. The normalized spacial score (nSPS) is 14.1. The summed E-state index contributed by atoms with van der Waals surface area (Å²) in [6, 6.07) is 10.3. The molecule has 1 N–H and O–H groups in total. The van der Waals surface area contributed by atoms with E-state index in [2.05, 4.69) is 5.32 Å². The lowest BCUT2D eigenvalue weighted by molar-refractivity contribution is -0.141. The van der Waals surface area contributed by atoms with Gasteiger partial charge in [0, 0.05) is 45.7 Å². The van der Waals surface area contributed by atoms with Gasteiger partial charge in [-0.1, -0.05) is 11.6 Å². The average molecular weight is 448 g/mol. The molecule has 0 atom stereocenters. The van der Waals surface area contributed by atoms with E-state index in [0.29, 0.717) is 37.4 Å². The second-order valence-corrected chi connectivity index (χ2v) is 7.82. The Labute approximate surface area is 184 Å². The summed E-state index contributed by atoms with van der Waals surface area (Å²) in [5.41, 5.74) is 0.553. The van der Waals surface area contributed by atoms with E-state index in [1.165, 1.54) is 44.4 Å². The highest BCUT2D eigenvalue weighted by molar-refractivity contribution is 6.39. The van der Waals surface area contributed by atoms with Crippen molar-refractivity contribution in [1.29, 1.82) is 0 Å². The Bertz CT molecular complexity index is 973. The van der Waals surface area contributed by atoms with Crippen LogP contribution in [-0.4, -0.2) is 60.8 Å². The van der Waals surface area contributed by atoms with Crippen molar-refractivity contribution < 1.29 is 23.5 Å². The Hall–Kier alpha value is -3.13. The highest BCUT2D eigenvalue weighted by atomic mass is 35.5. The van der Waals surface area contributed by atoms with Crippen LogP contribution in [0.2, 0.25) is 5.02 Å². The molecule has 1 fully saturated rings. The first kappa shape index (κ1) is 22.6. The van der Waals surface area contributed by atoms with Crippen LogP contribution in [0.5, 0.6) is 5.75 Å². The molecule has 0 aliphatic carbocycles.